The standard InChI is InChI=1S/C54H30N6O/c1-56-44-31-34(51-43(32-55)50(33-14-4-2-5-15-33)57-54(58-51)35-25-29-49-42(30-35)39-20-10-13-23-48(39)61-49)24-28-47(44)60-46-22-12-9-19-38(46)41-27-26-40-37-18-8-11-21-45(37)59(52(40)53(41)60)36-16-6-3-7-17-36/h2-31H. The summed E-state index contributed by atoms with van der Waals surface area (Å²) in [5.74, 6) is 0.465. The van der Waals surface area contributed by atoms with E-state index in [1.165, 1.54) is 0 Å². The molecule has 0 aliphatic rings. The van der Waals surface area contributed by atoms with Gasteiger partial charge in [0.1, 0.15) is 22.8 Å². The summed E-state index contributed by atoms with van der Waals surface area (Å²) in [6.07, 6.45) is 0. The van der Waals surface area contributed by atoms with Crippen LogP contribution in [0.1, 0.15) is 5.56 Å². The Bertz CT molecular complexity index is 3840. The SMILES string of the molecule is [C-]#[N+]c1cc(-c2nc(-c3ccc4oc5ccccc5c4c3)nc(-c3ccccc3)c2C#N)ccc1-n1c2ccccc2c2ccc3c4ccccc4n(-c4ccccc4)c3c21. The molecule has 0 saturated heterocycles. The summed E-state index contributed by atoms with van der Waals surface area (Å²) < 4.78 is 10.7. The van der Waals surface area contributed by atoms with E-state index in [1.54, 1.807) is 0 Å². The normalized spacial score (nSPS) is 11.6. The van der Waals surface area contributed by atoms with Crippen molar-refractivity contribution in [3.05, 3.63) is 199 Å². The molecule has 12 aromatic rings. The first kappa shape index (κ1) is 34.3. The second kappa shape index (κ2) is 13.4. The number of benzene rings is 8. The fourth-order valence-electron chi connectivity index (χ4n) is 9.12. The number of nitrogens with zero attached hydrogens (tertiary/aromatic N) is 6. The molecule has 0 aliphatic heterocycles. The minimum atomic E-state index is 0.333. The number of furan rings is 1. The average Bonchev–Trinajstić information content (AvgIpc) is 3.99. The van der Waals surface area contributed by atoms with Crippen LogP contribution in [0.2, 0.25) is 0 Å². The molecule has 0 spiro atoms. The minimum absolute atomic E-state index is 0.333. The molecule has 12 rings (SSSR count). The number of aromatic nitrogens is 4. The van der Waals surface area contributed by atoms with Crippen LogP contribution in [0.3, 0.4) is 0 Å². The highest BCUT2D eigenvalue weighted by Gasteiger charge is 2.24. The lowest BCUT2D eigenvalue weighted by Crippen LogP contribution is -2.02. The zero-order chi connectivity index (χ0) is 40.6. The highest BCUT2D eigenvalue weighted by Crippen LogP contribution is 2.44. The van der Waals surface area contributed by atoms with Crippen LogP contribution in [0.15, 0.2) is 186 Å². The number of hydrogen-bond donors (Lipinski definition) is 0. The summed E-state index contributed by atoms with van der Waals surface area (Å²) in [7, 11) is 0. The lowest BCUT2D eigenvalue weighted by atomic mass is 9.99. The summed E-state index contributed by atoms with van der Waals surface area (Å²) in [4.78, 5) is 14.4. The number of para-hydroxylation sites is 4. The summed E-state index contributed by atoms with van der Waals surface area (Å²) in [5.41, 5.74) is 11.5. The van der Waals surface area contributed by atoms with Crippen LogP contribution in [0.5, 0.6) is 0 Å². The molecule has 7 nitrogen and oxygen atoms in total. The fraction of sp³-hybridized carbons (Fsp3) is 0. The van der Waals surface area contributed by atoms with Gasteiger partial charge in [0.25, 0.3) is 0 Å². The van der Waals surface area contributed by atoms with Gasteiger partial charge in [0, 0.05) is 49.1 Å². The van der Waals surface area contributed by atoms with E-state index < -0.39 is 0 Å². The highest BCUT2D eigenvalue weighted by atomic mass is 16.3. The summed E-state index contributed by atoms with van der Waals surface area (Å²) in [6.45, 7) is 8.67. The summed E-state index contributed by atoms with van der Waals surface area (Å²) in [6, 6.07) is 63.7. The van der Waals surface area contributed by atoms with Crippen LogP contribution in [0.25, 0.3) is 116 Å². The molecule has 0 aliphatic carbocycles. The quantitative estimate of drug-likeness (QED) is 0.163. The number of rotatable bonds is 5. The predicted molar refractivity (Wildman–Crippen MR) is 245 cm³/mol. The fourth-order valence-corrected chi connectivity index (χ4v) is 9.12. The monoisotopic (exact) mass is 778 g/mol. The molecule has 8 aromatic carbocycles. The van der Waals surface area contributed by atoms with Gasteiger partial charge < -0.3 is 13.6 Å². The van der Waals surface area contributed by atoms with Gasteiger partial charge in [0.2, 0.25) is 5.69 Å². The second-order valence-electron chi connectivity index (χ2n) is 15.1. The lowest BCUT2D eigenvalue weighted by Gasteiger charge is -2.16. The Balaban J connectivity index is 1.12. The molecule has 61 heavy (non-hydrogen) atoms. The molecule has 0 atom stereocenters. The maximum Gasteiger partial charge on any atom is 0.211 e. The molecule has 0 bridgehead atoms. The van der Waals surface area contributed by atoms with Crippen molar-refractivity contribution in [2.45, 2.75) is 0 Å². The Hall–Kier alpha value is -8.78. The van der Waals surface area contributed by atoms with Crippen molar-refractivity contribution in [1.29, 1.82) is 5.26 Å². The summed E-state index contributed by atoms with van der Waals surface area (Å²) >= 11 is 0. The van der Waals surface area contributed by atoms with Crippen molar-refractivity contribution in [3.8, 4) is 51.3 Å². The third kappa shape index (κ3) is 5.15. The third-order valence-corrected chi connectivity index (χ3v) is 11.8. The van der Waals surface area contributed by atoms with Crippen molar-refractivity contribution < 1.29 is 4.42 Å². The molecule has 4 aromatic heterocycles. The van der Waals surface area contributed by atoms with E-state index in [9.17, 15) is 5.26 Å². The molecule has 282 valence electrons. The van der Waals surface area contributed by atoms with Gasteiger partial charge in [-0.1, -0.05) is 121 Å². The van der Waals surface area contributed by atoms with E-state index in [0.717, 1.165) is 88.1 Å². The molecule has 7 heteroatoms. The van der Waals surface area contributed by atoms with Crippen LogP contribution in [-0.2, 0) is 0 Å². The smallest absolute Gasteiger partial charge is 0.211 e. The van der Waals surface area contributed by atoms with Gasteiger partial charge in [-0.3, -0.25) is 0 Å². The van der Waals surface area contributed by atoms with Gasteiger partial charge in [-0.05, 0) is 66.2 Å². The van der Waals surface area contributed by atoms with E-state index >= 15 is 0 Å². The van der Waals surface area contributed by atoms with Gasteiger partial charge >= 0.3 is 0 Å². The van der Waals surface area contributed by atoms with Crippen molar-refractivity contribution in [2.24, 2.45) is 0 Å². The van der Waals surface area contributed by atoms with Gasteiger partial charge in [0.05, 0.1) is 45.7 Å². The Morgan fingerprint density at radius 1 is 0.492 bits per heavy atom. The molecule has 4 heterocycles. The Morgan fingerprint density at radius 2 is 1.07 bits per heavy atom. The molecule has 0 N–H and O–H groups in total. The summed E-state index contributed by atoms with van der Waals surface area (Å²) in [5, 5.41) is 17.3. The van der Waals surface area contributed by atoms with Gasteiger partial charge in [0.15, 0.2) is 5.82 Å². The number of fused-ring (bicyclic) bond motifs is 10. The first-order valence-corrected chi connectivity index (χ1v) is 20.0. The molecule has 0 radical (unpaired) electrons. The van der Waals surface area contributed by atoms with Crippen molar-refractivity contribution in [1.82, 2.24) is 19.1 Å². The first-order valence-electron chi connectivity index (χ1n) is 20.0. The average molecular weight is 779 g/mol. The van der Waals surface area contributed by atoms with Crippen LogP contribution in [0.4, 0.5) is 5.69 Å². The van der Waals surface area contributed by atoms with E-state index in [0.29, 0.717) is 34.0 Å². The van der Waals surface area contributed by atoms with E-state index in [-0.39, 0.29) is 0 Å². The molecule has 0 fully saturated rings. The van der Waals surface area contributed by atoms with Crippen molar-refractivity contribution >= 4 is 71.2 Å². The first-order chi connectivity index (χ1) is 30.2. The molecule has 0 amide bonds. The van der Waals surface area contributed by atoms with E-state index in [1.807, 2.05) is 103 Å². The van der Waals surface area contributed by atoms with Crippen molar-refractivity contribution in [2.75, 3.05) is 0 Å². The van der Waals surface area contributed by atoms with E-state index in [4.69, 9.17) is 21.0 Å². The second-order valence-corrected chi connectivity index (χ2v) is 15.1. The number of hydrogen-bond acceptors (Lipinski definition) is 4. The highest BCUT2D eigenvalue weighted by molar-refractivity contribution is 6.24. The molecule has 0 unspecified atom stereocenters. The van der Waals surface area contributed by atoms with Crippen molar-refractivity contribution in [3.63, 3.8) is 0 Å². The van der Waals surface area contributed by atoms with Gasteiger partial charge in [-0.2, -0.15) is 5.26 Å². The zero-order valence-electron chi connectivity index (χ0n) is 32.4. The largest absolute Gasteiger partial charge is 0.456 e. The van der Waals surface area contributed by atoms with Gasteiger partial charge in [-0.25, -0.2) is 14.8 Å². The third-order valence-electron chi connectivity index (χ3n) is 11.8. The molecular formula is C54H30N6O. The van der Waals surface area contributed by atoms with Crippen LogP contribution in [0, 0.1) is 17.9 Å². The maximum absolute atomic E-state index is 10.9. The van der Waals surface area contributed by atoms with Crippen LogP contribution >= 0.6 is 0 Å². The van der Waals surface area contributed by atoms with Crippen LogP contribution in [-0.4, -0.2) is 19.1 Å². The van der Waals surface area contributed by atoms with E-state index in [2.05, 4.69) is 98.9 Å². The van der Waals surface area contributed by atoms with Gasteiger partial charge in [-0.15, -0.1) is 0 Å². The predicted octanol–water partition coefficient (Wildman–Crippen LogP) is 14.0. The minimum Gasteiger partial charge on any atom is -0.456 e. The van der Waals surface area contributed by atoms with Crippen LogP contribution < -0.4 is 0 Å². The lowest BCUT2D eigenvalue weighted by molar-refractivity contribution is 0.669. The maximum atomic E-state index is 10.9. The zero-order valence-corrected chi connectivity index (χ0v) is 32.4. The molecule has 0 saturated carbocycles. The molecular weight excluding hydrogens is 749 g/mol. The topological polar surface area (TPSA) is 76.9 Å². The Morgan fingerprint density at radius 3 is 1.77 bits per heavy atom. The Kier molecular flexibility index (Phi) is 7.52. The number of nitriles is 1. The Labute approximate surface area is 349 Å².